The number of carbonyl (C=O) groups is 1. The molecule has 1 amide bonds. The van der Waals surface area contributed by atoms with Crippen molar-refractivity contribution in [1.29, 1.82) is 0 Å². The Hall–Kier alpha value is -3.57. The maximum Gasteiger partial charge on any atom is 0.290 e. The van der Waals surface area contributed by atoms with Crippen molar-refractivity contribution in [3.05, 3.63) is 47.7 Å². The van der Waals surface area contributed by atoms with Crippen molar-refractivity contribution in [2.24, 2.45) is 9.98 Å². The Morgan fingerprint density at radius 1 is 1.17 bits per heavy atom. The molecule has 10 nitrogen and oxygen atoms in total. The van der Waals surface area contributed by atoms with Crippen molar-refractivity contribution in [2.45, 2.75) is 12.1 Å². The molecule has 4 heterocycles. The number of thioether (sulfide) groups is 1. The summed E-state index contributed by atoms with van der Waals surface area (Å²) in [6.07, 6.45) is 2.24. The number of rotatable bonds is 7. The van der Waals surface area contributed by atoms with Crippen LogP contribution in [0, 0.1) is 0 Å². The number of carbonyl (C=O) groups excluding carboxylic acids is 1. The molecule has 3 aliphatic heterocycles. The van der Waals surface area contributed by atoms with Gasteiger partial charge in [0.1, 0.15) is 41.7 Å². The second-order valence-corrected chi connectivity index (χ2v) is 10.1. The summed E-state index contributed by atoms with van der Waals surface area (Å²) in [5.41, 5.74) is 2.35. The van der Waals surface area contributed by atoms with Crippen LogP contribution >= 0.6 is 23.4 Å². The molecule has 184 valence electrons. The molecule has 6 rings (SSSR count). The van der Waals surface area contributed by atoms with E-state index in [0.29, 0.717) is 42.3 Å². The van der Waals surface area contributed by atoms with Crippen LogP contribution in [0.25, 0.3) is 10.9 Å². The van der Waals surface area contributed by atoms with Crippen molar-refractivity contribution in [3.63, 3.8) is 0 Å². The number of anilines is 3. The zero-order valence-electron chi connectivity index (χ0n) is 19.1. The van der Waals surface area contributed by atoms with Gasteiger partial charge in [-0.3, -0.25) is 9.79 Å². The van der Waals surface area contributed by atoms with E-state index in [1.165, 1.54) is 6.33 Å². The quantitative estimate of drug-likeness (QED) is 0.452. The number of benzene rings is 2. The predicted octanol–water partition coefficient (Wildman–Crippen LogP) is 3.56. The number of ether oxygens (including phenoxy) is 2. The zero-order chi connectivity index (χ0) is 24.5. The van der Waals surface area contributed by atoms with Crippen LogP contribution in [0.5, 0.6) is 5.75 Å². The Balaban J connectivity index is 1.17. The van der Waals surface area contributed by atoms with E-state index in [0.717, 1.165) is 46.0 Å². The fourth-order valence-corrected chi connectivity index (χ4v) is 5.27. The molecule has 2 unspecified atom stereocenters. The lowest BCUT2D eigenvalue weighted by Gasteiger charge is -2.14. The Labute approximate surface area is 216 Å². The van der Waals surface area contributed by atoms with Gasteiger partial charge in [0, 0.05) is 35.6 Å². The third kappa shape index (κ3) is 4.76. The first-order valence-corrected chi connectivity index (χ1v) is 12.8. The minimum Gasteiger partial charge on any atom is -0.485 e. The molecule has 1 aromatic heterocycles. The van der Waals surface area contributed by atoms with E-state index in [1.807, 2.05) is 30.3 Å². The molecule has 1 saturated heterocycles. The summed E-state index contributed by atoms with van der Waals surface area (Å²) in [4.78, 5) is 30.4. The molecule has 1 fully saturated rings. The molecule has 2 atom stereocenters. The van der Waals surface area contributed by atoms with Gasteiger partial charge < -0.3 is 25.0 Å². The third-order valence-corrected chi connectivity index (χ3v) is 7.30. The fourth-order valence-electron chi connectivity index (χ4n) is 4.29. The SMILES string of the molecule is O=CN1CC2N=C(Nc3ccc4ncnc(Nc5ccc(OCC6=NCCS6)c(Cl)c5)c4c3)OC2C1. The van der Waals surface area contributed by atoms with Gasteiger partial charge in [-0.25, -0.2) is 15.0 Å². The second kappa shape index (κ2) is 9.82. The highest BCUT2D eigenvalue weighted by Crippen LogP contribution is 2.32. The van der Waals surface area contributed by atoms with Gasteiger partial charge in [0.05, 0.1) is 17.1 Å². The number of amides is 1. The number of aliphatic imine (C=N–C) groups is 2. The number of aromatic nitrogens is 2. The minimum absolute atomic E-state index is 0.0414. The molecular weight excluding hydrogens is 502 g/mol. The molecule has 0 saturated carbocycles. The highest BCUT2D eigenvalue weighted by Gasteiger charge is 2.39. The number of amidine groups is 1. The number of fused-ring (bicyclic) bond motifs is 2. The van der Waals surface area contributed by atoms with Gasteiger partial charge in [-0.2, -0.15) is 0 Å². The number of hydrogen-bond donors (Lipinski definition) is 2. The minimum atomic E-state index is -0.111. The fraction of sp³-hybridized carbons (Fsp3) is 0.292. The highest BCUT2D eigenvalue weighted by atomic mass is 35.5. The highest BCUT2D eigenvalue weighted by molar-refractivity contribution is 8.14. The lowest BCUT2D eigenvalue weighted by atomic mass is 10.2. The average Bonchev–Trinajstić information content (AvgIpc) is 3.61. The Kier molecular flexibility index (Phi) is 6.24. The maximum absolute atomic E-state index is 11.0. The van der Waals surface area contributed by atoms with Crippen LogP contribution < -0.4 is 15.4 Å². The topological polar surface area (TPSA) is 113 Å². The van der Waals surface area contributed by atoms with Gasteiger partial charge in [-0.15, -0.1) is 11.8 Å². The number of nitrogens with zero attached hydrogens (tertiary/aromatic N) is 5. The standard InChI is InChI=1S/C24H22ClN7O3S/c25-17-8-15(2-4-20(17)34-11-22-26-5-6-36-22)29-23-16-7-14(1-3-18(16)27-12-28-23)30-24-31-19-9-32(13-33)10-21(19)35-24/h1-4,7-8,12-13,19,21H,5-6,9-11H2,(H,30,31)(H,27,28,29). The first-order chi connectivity index (χ1) is 17.6. The molecule has 0 radical (unpaired) electrons. The Morgan fingerprint density at radius 3 is 2.86 bits per heavy atom. The van der Waals surface area contributed by atoms with Crippen molar-refractivity contribution in [3.8, 4) is 5.75 Å². The molecule has 2 aromatic carbocycles. The van der Waals surface area contributed by atoms with Crippen LogP contribution in [0.3, 0.4) is 0 Å². The van der Waals surface area contributed by atoms with Gasteiger partial charge in [-0.1, -0.05) is 11.6 Å². The molecule has 0 aliphatic carbocycles. The van der Waals surface area contributed by atoms with Crippen molar-refractivity contribution in [2.75, 3.05) is 42.6 Å². The largest absolute Gasteiger partial charge is 0.485 e. The molecule has 2 N–H and O–H groups in total. The lowest BCUT2D eigenvalue weighted by molar-refractivity contribution is -0.117. The summed E-state index contributed by atoms with van der Waals surface area (Å²) in [5.74, 6) is 2.24. The van der Waals surface area contributed by atoms with Gasteiger partial charge in [0.15, 0.2) is 0 Å². The summed E-state index contributed by atoms with van der Waals surface area (Å²) < 4.78 is 11.7. The first-order valence-electron chi connectivity index (χ1n) is 11.5. The van der Waals surface area contributed by atoms with Crippen molar-refractivity contribution in [1.82, 2.24) is 14.9 Å². The van der Waals surface area contributed by atoms with Gasteiger partial charge >= 0.3 is 0 Å². The molecule has 0 spiro atoms. The van der Waals surface area contributed by atoms with Crippen LogP contribution in [0.15, 0.2) is 52.7 Å². The number of nitrogens with one attached hydrogen (secondary N) is 2. The van der Waals surface area contributed by atoms with Crippen LogP contribution in [-0.4, -0.2) is 76.5 Å². The maximum atomic E-state index is 11.0. The molecule has 3 aliphatic rings. The molecule has 36 heavy (non-hydrogen) atoms. The first kappa shape index (κ1) is 22.9. The Morgan fingerprint density at radius 2 is 2.06 bits per heavy atom. The molecule has 0 bridgehead atoms. The van der Waals surface area contributed by atoms with E-state index >= 15 is 0 Å². The van der Waals surface area contributed by atoms with E-state index < -0.39 is 0 Å². The number of halogens is 1. The monoisotopic (exact) mass is 523 g/mol. The van der Waals surface area contributed by atoms with E-state index in [4.69, 9.17) is 21.1 Å². The van der Waals surface area contributed by atoms with Gasteiger partial charge in [0.25, 0.3) is 6.02 Å². The van der Waals surface area contributed by atoms with Gasteiger partial charge in [-0.05, 0) is 36.4 Å². The lowest BCUT2D eigenvalue weighted by Crippen LogP contribution is -2.25. The number of likely N-dealkylation sites (tertiary alicyclic amines) is 1. The van der Waals surface area contributed by atoms with E-state index in [-0.39, 0.29) is 12.1 Å². The smallest absolute Gasteiger partial charge is 0.290 e. The zero-order valence-corrected chi connectivity index (χ0v) is 20.6. The Bertz CT molecular complexity index is 1390. The summed E-state index contributed by atoms with van der Waals surface area (Å²) >= 11 is 8.18. The summed E-state index contributed by atoms with van der Waals surface area (Å²) in [6.45, 7) is 2.38. The summed E-state index contributed by atoms with van der Waals surface area (Å²) in [7, 11) is 0. The molecular formula is C24H22ClN7O3S. The summed E-state index contributed by atoms with van der Waals surface area (Å²) in [6, 6.07) is 11.7. The summed E-state index contributed by atoms with van der Waals surface area (Å²) in [5, 5.41) is 8.87. The third-order valence-electron chi connectivity index (χ3n) is 6.04. The van der Waals surface area contributed by atoms with E-state index in [2.05, 4.69) is 30.6 Å². The van der Waals surface area contributed by atoms with E-state index in [9.17, 15) is 4.79 Å². The van der Waals surface area contributed by atoms with Crippen LogP contribution in [0.2, 0.25) is 5.02 Å². The number of hydrogen-bond acceptors (Lipinski definition) is 10. The van der Waals surface area contributed by atoms with Crippen LogP contribution in [0.4, 0.5) is 17.2 Å². The van der Waals surface area contributed by atoms with Crippen LogP contribution in [-0.2, 0) is 9.53 Å². The normalized spacial score (nSPS) is 20.5. The molecule has 3 aromatic rings. The van der Waals surface area contributed by atoms with Crippen molar-refractivity contribution < 1.29 is 14.3 Å². The predicted molar refractivity (Wildman–Crippen MR) is 142 cm³/mol. The van der Waals surface area contributed by atoms with Crippen LogP contribution in [0.1, 0.15) is 0 Å². The van der Waals surface area contributed by atoms with Gasteiger partial charge in [0.2, 0.25) is 6.41 Å². The van der Waals surface area contributed by atoms with Crippen molar-refractivity contribution >= 4 is 68.9 Å². The van der Waals surface area contributed by atoms with E-state index in [1.54, 1.807) is 22.7 Å². The molecule has 12 heteroatoms. The second-order valence-electron chi connectivity index (χ2n) is 8.48. The average molecular weight is 524 g/mol.